The molecule has 0 saturated carbocycles. The first-order chi connectivity index (χ1) is 13.9. The van der Waals surface area contributed by atoms with Gasteiger partial charge in [0.05, 0.1) is 13.2 Å². The number of fused-ring (bicyclic) bond motifs is 1. The Hall–Kier alpha value is -2.69. The number of benzene rings is 2. The van der Waals surface area contributed by atoms with Gasteiger partial charge in [-0.15, -0.1) is 0 Å². The molecule has 0 bridgehead atoms. The fraction of sp³-hybridized carbons (Fsp3) is 0.316. The van der Waals surface area contributed by atoms with Gasteiger partial charge in [0, 0.05) is 18.8 Å². The van der Waals surface area contributed by atoms with Crippen LogP contribution in [0.5, 0.6) is 11.5 Å². The highest BCUT2D eigenvalue weighted by atomic mass is 32.2. The zero-order valence-corrected chi connectivity index (χ0v) is 16.2. The number of morpholine rings is 1. The summed E-state index contributed by atoms with van der Waals surface area (Å²) in [5.41, 5.74) is 0.144. The van der Waals surface area contributed by atoms with Gasteiger partial charge >= 0.3 is 0 Å². The fourth-order valence-electron chi connectivity index (χ4n) is 3.08. The average molecular weight is 422 g/mol. The minimum Gasteiger partial charge on any atom is -0.485 e. The molecule has 0 unspecified atom stereocenters. The molecule has 1 atom stereocenters. The molecule has 0 radical (unpaired) electrons. The number of anilines is 1. The molecule has 0 spiro atoms. The largest absolute Gasteiger partial charge is 0.485 e. The van der Waals surface area contributed by atoms with Crippen LogP contribution in [0.4, 0.5) is 10.1 Å². The third kappa shape index (κ3) is 4.04. The molecule has 10 heteroatoms. The fourth-order valence-corrected chi connectivity index (χ4v) is 4.57. The molecule has 0 aromatic heterocycles. The number of nitrogens with zero attached hydrogens (tertiary/aromatic N) is 1. The molecule has 2 aliphatic rings. The van der Waals surface area contributed by atoms with Crippen LogP contribution >= 0.6 is 0 Å². The summed E-state index contributed by atoms with van der Waals surface area (Å²) in [6.07, 6.45) is -0.922. The minimum absolute atomic E-state index is 0.00295. The van der Waals surface area contributed by atoms with E-state index in [0.29, 0.717) is 11.5 Å². The highest BCUT2D eigenvalue weighted by Gasteiger charge is 2.31. The lowest BCUT2D eigenvalue weighted by molar-refractivity contribution is -0.125. The zero-order valence-electron chi connectivity index (χ0n) is 15.3. The average Bonchev–Trinajstić information content (AvgIpc) is 2.75. The summed E-state index contributed by atoms with van der Waals surface area (Å²) >= 11 is 0. The minimum atomic E-state index is -4.04. The molecule has 4 rings (SSSR count). The maximum Gasteiger partial charge on any atom is 0.269 e. The Kier molecular flexibility index (Phi) is 5.39. The number of ether oxygens (including phenoxy) is 3. The van der Waals surface area contributed by atoms with Crippen LogP contribution in [0.15, 0.2) is 47.4 Å². The van der Waals surface area contributed by atoms with E-state index in [9.17, 15) is 17.6 Å². The van der Waals surface area contributed by atoms with Crippen molar-refractivity contribution in [3.8, 4) is 11.5 Å². The summed E-state index contributed by atoms with van der Waals surface area (Å²) in [4.78, 5) is 12.0. The highest BCUT2D eigenvalue weighted by molar-refractivity contribution is 7.89. The lowest BCUT2D eigenvalue weighted by Crippen LogP contribution is -2.41. The van der Waals surface area contributed by atoms with Gasteiger partial charge in [0.1, 0.15) is 17.3 Å². The number of nitrogens with one attached hydrogen (secondary N) is 1. The SMILES string of the molecule is O=C(Nc1ccc(F)c(S(=O)(=O)N2CCOCC2)c1)[C@H]1COc2ccccc2O1. The first-order valence-corrected chi connectivity index (χ1v) is 10.5. The van der Waals surface area contributed by atoms with Crippen molar-refractivity contribution >= 4 is 21.6 Å². The molecule has 2 aromatic rings. The zero-order chi connectivity index (χ0) is 20.4. The number of carbonyl (C=O) groups is 1. The summed E-state index contributed by atoms with van der Waals surface area (Å²) in [6.45, 7) is 0.786. The van der Waals surface area contributed by atoms with E-state index in [4.69, 9.17) is 14.2 Å². The second-order valence-corrected chi connectivity index (χ2v) is 8.42. The van der Waals surface area contributed by atoms with Crippen LogP contribution in [0.1, 0.15) is 0 Å². The summed E-state index contributed by atoms with van der Waals surface area (Å²) in [5.74, 6) is -0.438. The van der Waals surface area contributed by atoms with Crippen LogP contribution in [-0.2, 0) is 19.6 Å². The van der Waals surface area contributed by atoms with Crippen molar-refractivity contribution in [2.75, 3.05) is 38.2 Å². The summed E-state index contributed by atoms with van der Waals surface area (Å²) < 4.78 is 57.3. The molecule has 8 nitrogen and oxygen atoms in total. The quantitative estimate of drug-likeness (QED) is 0.805. The van der Waals surface area contributed by atoms with Gasteiger partial charge in [0.15, 0.2) is 11.5 Å². The first kappa shape index (κ1) is 19.6. The van der Waals surface area contributed by atoms with Crippen LogP contribution in [-0.4, -0.2) is 57.6 Å². The summed E-state index contributed by atoms with van der Waals surface area (Å²) in [7, 11) is -4.04. The van der Waals surface area contributed by atoms with Crippen molar-refractivity contribution in [1.82, 2.24) is 4.31 Å². The monoisotopic (exact) mass is 422 g/mol. The number of halogens is 1. The molecule has 1 saturated heterocycles. The van der Waals surface area contributed by atoms with E-state index in [2.05, 4.69) is 5.32 Å². The predicted molar refractivity (Wildman–Crippen MR) is 101 cm³/mol. The number of hydrogen-bond donors (Lipinski definition) is 1. The number of para-hydroxylation sites is 2. The lowest BCUT2D eigenvalue weighted by atomic mass is 10.2. The van der Waals surface area contributed by atoms with Gasteiger partial charge in [-0.1, -0.05) is 12.1 Å². The van der Waals surface area contributed by atoms with Gasteiger partial charge in [0.25, 0.3) is 5.91 Å². The molecular formula is C19H19FN2O6S. The molecule has 0 aliphatic carbocycles. The molecule has 1 amide bonds. The van der Waals surface area contributed by atoms with Crippen molar-refractivity contribution in [3.05, 3.63) is 48.3 Å². The Labute approximate surface area is 167 Å². The molecule has 1 N–H and O–H groups in total. The normalized spacial score (nSPS) is 19.6. The van der Waals surface area contributed by atoms with Gasteiger partial charge in [-0.05, 0) is 30.3 Å². The number of carbonyl (C=O) groups excluding carboxylic acids is 1. The first-order valence-electron chi connectivity index (χ1n) is 9.02. The summed E-state index contributed by atoms with van der Waals surface area (Å²) in [5, 5.41) is 2.57. The van der Waals surface area contributed by atoms with Crippen molar-refractivity contribution in [2.45, 2.75) is 11.0 Å². The van der Waals surface area contributed by atoms with E-state index in [1.165, 1.54) is 6.07 Å². The molecule has 154 valence electrons. The maximum atomic E-state index is 14.3. The summed E-state index contributed by atoms with van der Waals surface area (Å²) in [6, 6.07) is 10.4. The third-order valence-corrected chi connectivity index (χ3v) is 6.50. The van der Waals surface area contributed by atoms with Crippen molar-refractivity contribution in [3.63, 3.8) is 0 Å². The van der Waals surface area contributed by atoms with Gasteiger partial charge in [-0.2, -0.15) is 4.31 Å². The Morgan fingerprint density at radius 2 is 1.83 bits per heavy atom. The van der Waals surface area contributed by atoms with Crippen LogP contribution < -0.4 is 14.8 Å². The Morgan fingerprint density at radius 3 is 2.59 bits per heavy atom. The van der Waals surface area contributed by atoms with Crippen LogP contribution in [0, 0.1) is 5.82 Å². The van der Waals surface area contributed by atoms with Gasteiger partial charge in [0.2, 0.25) is 16.1 Å². The molecule has 1 fully saturated rings. The molecule has 29 heavy (non-hydrogen) atoms. The second-order valence-electron chi connectivity index (χ2n) is 6.52. The predicted octanol–water partition coefficient (Wildman–Crippen LogP) is 1.63. The van der Waals surface area contributed by atoms with Gasteiger partial charge in [-0.3, -0.25) is 4.79 Å². The van der Waals surface area contributed by atoms with Gasteiger partial charge in [-0.25, -0.2) is 12.8 Å². The standard InChI is InChI=1S/C19H19FN2O6S/c20-14-6-5-13(11-18(14)29(24,25)22-7-9-26-10-8-22)21-19(23)17-12-27-15-3-1-2-4-16(15)28-17/h1-6,11,17H,7-10,12H2,(H,21,23)/t17-/m1/s1. The molecule has 2 heterocycles. The second kappa shape index (κ2) is 7.97. The Bertz CT molecular complexity index is 1020. The number of rotatable bonds is 4. The van der Waals surface area contributed by atoms with E-state index in [-0.39, 0.29) is 38.6 Å². The number of amides is 1. The van der Waals surface area contributed by atoms with E-state index in [1.54, 1.807) is 24.3 Å². The van der Waals surface area contributed by atoms with Crippen LogP contribution in [0.25, 0.3) is 0 Å². The molecule has 2 aromatic carbocycles. The smallest absolute Gasteiger partial charge is 0.269 e. The highest BCUT2D eigenvalue weighted by Crippen LogP contribution is 2.31. The van der Waals surface area contributed by atoms with E-state index in [1.807, 2.05) is 0 Å². The number of sulfonamides is 1. The number of hydrogen-bond acceptors (Lipinski definition) is 6. The third-order valence-electron chi connectivity index (χ3n) is 4.59. The van der Waals surface area contributed by atoms with Crippen molar-refractivity contribution < 1.29 is 31.8 Å². The van der Waals surface area contributed by atoms with E-state index >= 15 is 0 Å². The molecular weight excluding hydrogens is 403 g/mol. The van der Waals surface area contributed by atoms with E-state index in [0.717, 1.165) is 16.4 Å². The Balaban J connectivity index is 1.51. The van der Waals surface area contributed by atoms with Crippen molar-refractivity contribution in [1.29, 1.82) is 0 Å². The van der Waals surface area contributed by atoms with Crippen LogP contribution in [0.2, 0.25) is 0 Å². The molecule has 2 aliphatic heterocycles. The lowest BCUT2D eigenvalue weighted by Gasteiger charge is -2.27. The van der Waals surface area contributed by atoms with Gasteiger partial charge < -0.3 is 19.5 Å². The topological polar surface area (TPSA) is 94.2 Å². The maximum absolute atomic E-state index is 14.3. The van der Waals surface area contributed by atoms with E-state index < -0.39 is 32.7 Å². The van der Waals surface area contributed by atoms with Crippen molar-refractivity contribution in [2.24, 2.45) is 0 Å². The Morgan fingerprint density at radius 1 is 1.10 bits per heavy atom. The van der Waals surface area contributed by atoms with Crippen LogP contribution in [0.3, 0.4) is 0 Å².